The maximum atomic E-state index is 12.8. The van der Waals surface area contributed by atoms with Crippen LogP contribution in [-0.2, 0) is 30.4 Å². The first-order valence-corrected chi connectivity index (χ1v) is 9.92. The number of hydrogen-bond acceptors (Lipinski definition) is 3. The molecule has 2 aromatic rings. The molecule has 156 valence electrons. The van der Waals surface area contributed by atoms with Crippen molar-refractivity contribution in [2.24, 2.45) is 5.92 Å². The van der Waals surface area contributed by atoms with Crippen molar-refractivity contribution in [3.05, 3.63) is 58.7 Å². The minimum Gasteiger partial charge on any atom is -0.336 e. The van der Waals surface area contributed by atoms with E-state index in [1.54, 1.807) is 4.90 Å². The zero-order valence-corrected chi connectivity index (χ0v) is 17.0. The molecule has 0 radical (unpaired) electrons. The Labute approximate surface area is 169 Å². The van der Waals surface area contributed by atoms with Gasteiger partial charge in [-0.3, -0.25) is 4.79 Å². The fourth-order valence-electron chi connectivity index (χ4n) is 3.53. The van der Waals surface area contributed by atoms with Gasteiger partial charge in [-0.1, -0.05) is 32.9 Å². The second-order valence-corrected chi connectivity index (χ2v) is 8.15. The van der Waals surface area contributed by atoms with Gasteiger partial charge in [0, 0.05) is 25.6 Å². The maximum Gasteiger partial charge on any atom is 0.416 e. The van der Waals surface area contributed by atoms with Crippen LogP contribution in [0.25, 0.3) is 0 Å². The number of aromatic nitrogens is 2. The van der Waals surface area contributed by atoms with E-state index in [1.807, 2.05) is 13.1 Å². The fourth-order valence-corrected chi connectivity index (χ4v) is 3.53. The van der Waals surface area contributed by atoms with Gasteiger partial charge in [0.1, 0.15) is 5.82 Å². The summed E-state index contributed by atoms with van der Waals surface area (Å²) in [6, 6.07) is 5.05. The van der Waals surface area contributed by atoms with Gasteiger partial charge >= 0.3 is 6.18 Å². The molecule has 0 saturated heterocycles. The minimum atomic E-state index is -4.35. The molecule has 1 aliphatic heterocycles. The Kier molecular flexibility index (Phi) is 6.24. The van der Waals surface area contributed by atoms with Crippen molar-refractivity contribution in [3.8, 4) is 0 Å². The number of halogens is 3. The lowest BCUT2D eigenvalue weighted by Gasteiger charge is -2.29. The third kappa shape index (κ3) is 5.34. The standard InChI is InChI=1S/C22H26F3N3O/c1-14(2)10-20-26-12-17-8-9-28(13-19(17)27-20)21(29)11-15(3)16-4-6-18(7-5-16)22(23,24)25/h4-7,12,14-15H,8-11,13H2,1-3H3. The van der Waals surface area contributed by atoms with Gasteiger partial charge in [-0.2, -0.15) is 13.2 Å². The smallest absolute Gasteiger partial charge is 0.336 e. The van der Waals surface area contributed by atoms with Crippen molar-refractivity contribution in [1.82, 2.24) is 14.9 Å². The normalized spacial score (nSPS) is 15.3. The summed E-state index contributed by atoms with van der Waals surface area (Å²) in [5, 5.41) is 0. The lowest BCUT2D eigenvalue weighted by molar-refractivity contribution is -0.137. The summed E-state index contributed by atoms with van der Waals surface area (Å²) in [6.45, 7) is 7.16. The zero-order chi connectivity index (χ0) is 21.2. The van der Waals surface area contributed by atoms with E-state index >= 15 is 0 Å². The summed E-state index contributed by atoms with van der Waals surface area (Å²) >= 11 is 0. The first-order chi connectivity index (χ1) is 13.6. The van der Waals surface area contributed by atoms with Gasteiger partial charge in [-0.05, 0) is 41.5 Å². The van der Waals surface area contributed by atoms with E-state index < -0.39 is 11.7 Å². The highest BCUT2D eigenvalue weighted by Crippen LogP contribution is 2.31. The SMILES string of the molecule is CC(C)Cc1ncc2c(n1)CN(C(=O)CC(C)c1ccc(C(F)(F)F)cc1)CC2. The number of alkyl halides is 3. The fraction of sp³-hybridized carbons (Fsp3) is 0.500. The van der Waals surface area contributed by atoms with Crippen molar-refractivity contribution in [2.45, 2.75) is 58.7 Å². The van der Waals surface area contributed by atoms with Crippen LogP contribution in [0.1, 0.15) is 61.3 Å². The molecule has 2 heterocycles. The average Bonchev–Trinajstić information content (AvgIpc) is 2.66. The number of benzene rings is 1. The first-order valence-electron chi connectivity index (χ1n) is 9.92. The zero-order valence-electron chi connectivity index (χ0n) is 17.0. The Balaban J connectivity index is 1.64. The molecule has 4 nitrogen and oxygen atoms in total. The lowest BCUT2D eigenvalue weighted by atomic mass is 9.95. The number of carbonyl (C=O) groups is 1. The van der Waals surface area contributed by atoms with Crippen molar-refractivity contribution in [1.29, 1.82) is 0 Å². The summed E-state index contributed by atoms with van der Waals surface area (Å²) in [5.41, 5.74) is 2.03. The summed E-state index contributed by atoms with van der Waals surface area (Å²) < 4.78 is 38.2. The summed E-state index contributed by atoms with van der Waals surface area (Å²) in [6.07, 6.45) is -0.712. The number of rotatable bonds is 5. The maximum absolute atomic E-state index is 12.8. The predicted octanol–water partition coefficient (Wildman–Crippen LogP) is 4.77. The van der Waals surface area contributed by atoms with Gasteiger partial charge in [0.25, 0.3) is 0 Å². The summed E-state index contributed by atoms with van der Waals surface area (Å²) in [7, 11) is 0. The van der Waals surface area contributed by atoms with Crippen molar-refractivity contribution in [3.63, 3.8) is 0 Å². The van der Waals surface area contributed by atoms with E-state index in [0.717, 1.165) is 47.6 Å². The van der Waals surface area contributed by atoms with E-state index in [4.69, 9.17) is 0 Å². The van der Waals surface area contributed by atoms with Crippen LogP contribution >= 0.6 is 0 Å². The highest BCUT2D eigenvalue weighted by molar-refractivity contribution is 5.77. The second-order valence-electron chi connectivity index (χ2n) is 8.15. The molecule has 1 aromatic carbocycles. The number of hydrogen-bond donors (Lipinski definition) is 0. The molecule has 3 rings (SSSR count). The highest BCUT2D eigenvalue weighted by atomic mass is 19.4. The quantitative estimate of drug-likeness (QED) is 0.720. The number of fused-ring (bicyclic) bond motifs is 1. The Morgan fingerprint density at radius 1 is 1.17 bits per heavy atom. The first kappa shape index (κ1) is 21.3. The van der Waals surface area contributed by atoms with Gasteiger partial charge in [-0.25, -0.2) is 9.97 Å². The molecule has 0 saturated carbocycles. The van der Waals surface area contributed by atoms with E-state index in [-0.39, 0.29) is 18.2 Å². The molecule has 0 fully saturated rings. The molecule has 0 bridgehead atoms. The third-order valence-electron chi connectivity index (χ3n) is 5.23. The number of nitrogens with zero attached hydrogens (tertiary/aromatic N) is 3. The van der Waals surface area contributed by atoms with Crippen LogP contribution in [0.2, 0.25) is 0 Å². The van der Waals surface area contributed by atoms with Gasteiger partial charge in [0.15, 0.2) is 0 Å². The van der Waals surface area contributed by atoms with Gasteiger partial charge in [0.05, 0.1) is 17.8 Å². The monoisotopic (exact) mass is 405 g/mol. The van der Waals surface area contributed by atoms with Crippen LogP contribution in [0.3, 0.4) is 0 Å². The minimum absolute atomic E-state index is 0.00734. The number of carbonyl (C=O) groups excluding carboxylic acids is 1. The molecule has 0 spiro atoms. The molecule has 1 aliphatic rings. The third-order valence-corrected chi connectivity index (χ3v) is 5.23. The molecule has 1 atom stereocenters. The predicted molar refractivity (Wildman–Crippen MR) is 104 cm³/mol. The largest absolute Gasteiger partial charge is 0.416 e. The Hall–Kier alpha value is -2.44. The van der Waals surface area contributed by atoms with Crippen molar-refractivity contribution in [2.75, 3.05) is 6.54 Å². The van der Waals surface area contributed by atoms with Gasteiger partial charge < -0.3 is 4.90 Å². The Bertz CT molecular complexity index is 863. The van der Waals surface area contributed by atoms with Crippen molar-refractivity contribution < 1.29 is 18.0 Å². The van der Waals surface area contributed by atoms with Gasteiger partial charge in [0.2, 0.25) is 5.91 Å². The molecule has 1 amide bonds. The molecular formula is C22H26F3N3O. The number of amides is 1. The van der Waals surface area contributed by atoms with Crippen LogP contribution in [-0.4, -0.2) is 27.3 Å². The van der Waals surface area contributed by atoms with E-state index in [0.29, 0.717) is 19.0 Å². The van der Waals surface area contributed by atoms with Crippen LogP contribution in [0, 0.1) is 5.92 Å². The Morgan fingerprint density at radius 3 is 2.48 bits per heavy atom. The lowest BCUT2D eigenvalue weighted by Crippen LogP contribution is -2.37. The highest BCUT2D eigenvalue weighted by Gasteiger charge is 2.30. The summed E-state index contributed by atoms with van der Waals surface area (Å²) in [5.74, 6) is 1.09. The van der Waals surface area contributed by atoms with E-state index in [1.165, 1.54) is 12.1 Å². The molecule has 0 aliphatic carbocycles. The van der Waals surface area contributed by atoms with Crippen LogP contribution in [0.5, 0.6) is 0 Å². The van der Waals surface area contributed by atoms with E-state index in [2.05, 4.69) is 23.8 Å². The van der Waals surface area contributed by atoms with Crippen LogP contribution in [0.15, 0.2) is 30.5 Å². The Morgan fingerprint density at radius 2 is 1.86 bits per heavy atom. The second kappa shape index (κ2) is 8.51. The summed E-state index contributed by atoms with van der Waals surface area (Å²) in [4.78, 5) is 23.6. The average molecular weight is 405 g/mol. The van der Waals surface area contributed by atoms with Crippen LogP contribution < -0.4 is 0 Å². The topological polar surface area (TPSA) is 46.1 Å². The molecular weight excluding hydrogens is 379 g/mol. The molecule has 29 heavy (non-hydrogen) atoms. The molecule has 7 heteroatoms. The van der Waals surface area contributed by atoms with Gasteiger partial charge in [-0.15, -0.1) is 0 Å². The van der Waals surface area contributed by atoms with E-state index in [9.17, 15) is 18.0 Å². The molecule has 1 aromatic heterocycles. The van der Waals surface area contributed by atoms with Crippen LogP contribution in [0.4, 0.5) is 13.2 Å². The molecule has 0 N–H and O–H groups in total. The van der Waals surface area contributed by atoms with Crippen molar-refractivity contribution >= 4 is 5.91 Å². The molecule has 1 unspecified atom stereocenters.